The topological polar surface area (TPSA) is 80.3 Å². The van der Waals surface area contributed by atoms with Crippen molar-refractivity contribution in [2.75, 3.05) is 10.6 Å². The number of rotatable bonds is 2. The molecule has 1 aliphatic heterocycles. The number of pyridine rings is 1. The van der Waals surface area contributed by atoms with E-state index in [-0.39, 0.29) is 0 Å². The molecular weight excluding hydrogens is 318 g/mol. The van der Waals surface area contributed by atoms with Crippen LogP contribution < -0.4 is 15.4 Å². The first-order valence-corrected chi connectivity index (χ1v) is 7.31. The predicted molar refractivity (Wildman–Crippen MR) is 86.7 cm³/mol. The van der Waals surface area contributed by atoms with Gasteiger partial charge in [-0.2, -0.15) is 0 Å². The lowest BCUT2D eigenvalue weighted by atomic mass is 10.0. The zero-order chi connectivity index (χ0) is 16.6. The Bertz CT molecular complexity index is 809. The molecule has 2 amide bonds. The highest BCUT2D eigenvalue weighted by Crippen LogP contribution is 2.35. The van der Waals surface area contributed by atoms with Crippen molar-refractivity contribution in [3.63, 3.8) is 0 Å². The van der Waals surface area contributed by atoms with Crippen molar-refractivity contribution < 1.29 is 14.3 Å². The first kappa shape index (κ1) is 15.3. The van der Waals surface area contributed by atoms with Crippen LogP contribution in [0.15, 0.2) is 36.4 Å². The minimum atomic E-state index is -1.70. The Labute approximate surface area is 137 Å². The molecule has 0 radical (unpaired) electrons. The standard InChI is InChI=1S/C16H14ClN3O3/c1-9-4-3-5-13(18-9)20-15(22)16(2)14(21)19-11-8-10(17)6-7-12(11)23-16/h3-8H,1-2H3,(H,19,21)(H,18,20,22)/t16-/m1/s1. The summed E-state index contributed by atoms with van der Waals surface area (Å²) in [7, 11) is 0. The molecular formula is C16H14ClN3O3. The molecule has 0 saturated carbocycles. The maximum atomic E-state index is 12.5. The van der Waals surface area contributed by atoms with Crippen LogP contribution in [0, 0.1) is 6.92 Å². The normalized spacial score (nSPS) is 19.3. The van der Waals surface area contributed by atoms with E-state index >= 15 is 0 Å². The molecule has 1 atom stereocenters. The minimum absolute atomic E-state index is 0.356. The number of aryl methyl sites for hydroxylation is 1. The molecule has 0 spiro atoms. The maximum Gasteiger partial charge on any atom is 0.279 e. The van der Waals surface area contributed by atoms with Crippen molar-refractivity contribution in [2.24, 2.45) is 0 Å². The number of aromatic nitrogens is 1. The quantitative estimate of drug-likeness (QED) is 0.829. The number of nitrogens with zero attached hydrogens (tertiary/aromatic N) is 1. The molecule has 0 bridgehead atoms. The molecule has 0 saturated heterocycles. The number of benzene rings is 1. The van der Waals surface area contributed by atoms with Gasteiger partial charge in [0.05, 0.1) is 5.69 Å². The summed E-state index contributed by atoms with van der Waals surface area (Å²) in [5.74, 6) is -0.440. The fourth-order valence-electron chi connectivity index (χ4n) is 2.19. The number of ether oxygens (including phenoxy) is 1. The molecule has 2 N–H and O–H groups in total. The van der Waals surface area contributed by atoms with E-state index in [9.17, 15) is 9.59 Å². The molecule has 0 aliphatic carbocycles. The first-order chi connectivity index (χ1) is 10.9. The van der Waals surface area contributed by atoms with E-state index in [1.54, 1.807) is 43.3 Å². The fraction of sp³-hybridized carbons (Fsp3) is 0.188. The minimum Gasteiger partial charge on any atom is -0.466 e. The van der Waals surface area contributed by atoms with Gasteiger partial charge in [0, 0.05) is 10.7 Å². The average Bonchev–Trinajstić information content (AvgIpc) is 2.49. The van der Waals surface area contributed by atoms with Crippen molar-refractivity contribution in [1.29, 1.82) is 0 Å². The van der Waals surface area contributed by atoms with Crippen LogP contribution in [0.2, 0.25) is 5.02 Å². The molecule has 118 valence electrons. The van der Waals surface area contributed by atoms with Gasteiger partial charge in [-0.05, 0) is 44.2 Å². The summed E-state index contributed by atoms with van der Waals surface area (Å²) in [5, 5.41) is 5.71. The van der Waals surface area contributed by atoms with Gasteiger partial charge >= 0.3 is 0 Å². The van der Waals surface area contributed by atoms with Gasteiger partial charge in [0.2, 0.25) is 0 Å². The van der Waals surface area contributed by atoms with Gasteiger partial charge in [0.15, 0.2) is 0 Å². The summed E-state index contributed by atoms with van der Waals surface area (Å²) in [6.45, 7) is 3.21. The lowest BCUT2D eigenvalue weighted by Gasteiger charge is -2.33. The molecule has 6 nitrogen and oxygen atoms in total. The molecule has 1 aromatic heterocycles. The van der Waals surface area contributed by atoms with Crippen molar-refractivity contribution in [3.05, 3.63) is 47.1 Å². The number of carbonyl (C=O) groups excluding carboxylic acids is 2. The summed E-state index contributed by atoms with van der Waals surface area (Å²) in [5.41, 5.74) is -0.518. The third-order valence-corrected chi connectivity index (χ3v) is 3.74. The highest BCUT2D eigenvalue weighted by atomic mass is 35.5. The van der Waals surface area contributed by atoms with Gasteiger partial charge in [-0.25, -0.2) is 4.98 Å². The van der Waals surface area contributed by atoms with Crippen LogP contribution in [0.5, 0.6) is 5.75 Å². The second-order valence-corrected chi connectivity index (χ2v) is 5.78. The number of halogens is 1. The monoisotopic (exact) mass is 331 g/mol. The molecule has 3 rings (SSSR count). The van der Waals surface area contributed by atoms with Crippen LogP contribution >= 0.6 is 11.6 Å². The Morgan fingerprint density at radius 1 is 1.35 bits per heavy atom. The summed E-state index contributed by atoms with van der Waals surface area (Å²) in [6.07, 6.45) is 0. The Morgan fingerprint density at radius 2 is 2.13 bits per heavy atom. The van der Waals surface area contributed by atoms with Gasteiger partial charge in [-0.3, -0.25) is 9.59 Å². The van der Waals surface area contributed by atoms with Crippen LogP contribution in [-0.4, -0.2) is 22.4 Å². The third kappa shape index (κ3) is 2.85. The highest BCUT2D eigenvalue weighted by molar-refractivity contribution is 6.31. The van der Waals surface area contributed by atoms with E-state index in [0.717, 1.165) is 5.69 Å². The molecule has 0 fully saturated rings. The summed E-state index contributed by atoms with van der Waals surface area (Å²) in [4.78, 5) is 29.0. The number of nitrogens with one attached hydrogen (secondary N) is 2. The highest BCUT2D eigenvalue weighted by Gasteiger charge is 2.47. The van der Waals surface area contributed by atoms with Gasteiger partial charge in [-0.15, -0.1) is 0 Å². The second kappa shape index (κ2) is 5.55. The summed E-state index contributed by atoms with van der Waals surface area (Å²) >= 11 is 5.89. The van der Waals surface area contributed by atoms with E-state index < -0.39 is 17.4 Å². The summed E-state index contributed by atoms with van der Waals surface area (Å²) < 4.78 is 5.64. The number of carbonyl (C=O) groups is 2. The van der Waals surface area contributed by atoms with Crippen molar-refractivity contribution in [1.82, 2.24) is 4.98 Å². The third-order valence-electron chi connectivity index (χ3n) is 3.50. The Morgan fingerprint density at radius 3 is 2.87 bits per heavy atom. The number of fused-ring (bicyclic) bond motifs is 1. The Hall–Kier alpha value is -2.60. The molecule has 0 unspecified atom stereocenters. The van der Waals surface area contributed by atoms with Crippen LogP contribution in [0.25, 0.3) is 0 Å². The average molecular weight is 332 g/mol. The number of hydrogen-bond acceptors (Lipinski definition) is 4. The number of anilines is 2. The van der Waals surface area contributed by atoms with Gasteiger partial charge in [0.1, 0.15) is 11.6 Å². The zero-order valence-corrected chi connectivity index (χ0v) is 13.3. The fourth-order valence-corrected chi connectivity index (χ4v) is 2.37. The van der Waals surface area contributed by atoms with E-state index in [1.165, 1.54) is 6.92 Å². The molecule has 1 aliphatic rings. The van der Waals surface area contributed by atoms with Crippen molar-refractivity contribution >= 4 is 34.9 Å². The lowest BCUT2D eigenvalue weighted by molar-refractivity contribution is -0.143. The molecule has 2 heterocycles. The van der Waals surface area contributed by atoms with E-state index in [0.29, 0.717) is 22.3 Å². The van der Waals surface area contributed by atoms with E-state index in [2.05, 4.69) is 15.6 Å². The van der Waals surface area contributed by atoms with Crippen LogP contribution in [-0.2, 0) is 9.59 Å². The van der Waals surface area contributed by atoms with Crippen molar-refractivity contribution in [3.8, 4) is 5.75 Å². The number of hydrogen-bond donors (Lipinski definition) is 2. The largest absolute Gasteiger partial charge is 0.466 e. The first-order valence-electron chi connectivity index (χ1n) is 6.93. The molecule has 2 aromatic rings. The predicted octanol–water partition coefficient (Wildman–Crippen LogP) is 2.77. The molecule has 1 aromatic carbocycles. The smallest absolute Gasteiger partial charge is 0.279 e. The van der Waals surface area contributed by atoms with Gasteiger partial charge < -0.3 is 15.4 Å². The molecule has 7 heteroatoms. The van der Waals surface area contributed by atoms with Crippen LogP contribution in [0.3, 0.4) is 0 Å². The van der Waals surface area contributed by atoms with Crippen LogP contribution in [0.1, 0.15) is 12.6 Å². The van der Waals surface area contributed by atoms with E-state index in [4.69, 9.17) is 16.3 Å². The van der Waals surface area contributed by atoms with Crippen molar-refractivity contribution in [2.45, 2.75) is 19.4 Å². The van der Waals surface area contributed by atoms with Gasteiger partial charge in [-0.1, -0.05) is 17.7 Å². The Balaban J connectivity index is 1.87. The maximum absolute atomic E-state index is 12.5. The van der Waals surface area contributed by atoms with Crippen LogP contribution in [0.4, 0.5) is 11.5 Å². The van der Waals surface area contributed by atoms with E-state index in [1.807, 2.05) is 0 Å². The lowest BCUT2D eigenvalue weighted by Crippen LogP contribution is -2.56. The summed E-state index contributed by atoms with van der Waals surface area (Å²) in [6, 6.07) is 10.0. The number of amides is 2. The van der Waals surface area contributed by atoms with Gasteiger partial charge in [0.25, 0.3) is 17.4 Å². The zero-order valence-electron chi connectivity index (χ0n) is 12.5. The second-order valence-electron chi connectivity index (χ2n) is 5.35. The molecule has 23 heavy (non-hydrogen) atoms. The SMILES string of the molecule is Cc1cccc(NC(=O)[C@]2(C)Oc3ccc(Cl)cc3NC2=O)n1. The Kier molecular flexibility index (Phi) is 3.69.